The van der Waals surface area contributed by atoms with Crippen molar-refractivity contribution in [2.45, 2.75) is 19.9 Å². The molecule has 0 aliphatic rings. The fourth-order valence-electron chi connectivity index (χ4n) is 1.33. The second kappa shape index (κ2) is 3.79. The number of nitrogens with one attached hydrogen (secondary N) is 2. The minimum absolute atomic E-state index is 0.0119. The number of thiocarbonyl (C=S) groups is 1. The van der Waals surface area contributed by atoms with Crippen LogP contribution < -0.4 is 17.1 Å². The molecule has 6 nitrogen and oxygen atoms in total. The van der Waals surface area contributed by atoms with Gasteiger partial charge in [-0.15, -0.1) is 0 Å². The van der Waals surface area contributed by atoms with Crippen molar-refractivity contribution in [1.82, 2.24) is 14.8 Å². The zero-order valence-electron chi connectivity index (χ0n) is 7.90. The number of hydrogen-bond acceptors (Lipinski definition) is 3. The molecule has 0 spiro atoms. The smallest absolute Gasteiger partial charge is 0.345 e. The summed E-state index contributed by atoms with van der Waals surface area (Å²) >= 11 is 4.81. The van der Waals surface area contributed by atoms with E-state index in [-0.39, 0.29) is 10.9 Å². The van der Waals surface area contributed by atoms with E-state index >= 15 is 0 Å². The monoisotopic (exact) mass is 216 g/mol. The summed E-state index contributed by atoms with van der Waals surface area (Å²) in [6.45, 7) is 3.67. The van der Waals surface area contributed by atoms with Gasteiger partial charge in [-0.1, -0.05) is 26.1 Å². The molecule has 1 rings (SSSR count). The fourth-order valence-corrected chi connectivity index (χ4v) is 1.70. The Balaban J connectivity index is 3.32. The molecule has 78 valence electrons. The quantitative estimate of drug-likeness (QED) is 0.585. The second-order valence-electron chi connectivity index (χ2n) is 3.32. The molecule has 0 aliphatic carbocycles. The predicted octanol–water partition coefficient (Wildman–Crippen LogP) is -0.652. The molecule has 0 bridgehead atoms. The average molecular weight is 216 g/mol. The zero-order valence-corrected chi connectivity index (χ0v) is 8.72. The number of hydrogen-bond donors (Lipinski definition) is 3. The molecule has 1 aromatic heterocycles. The Bertz CT molecular complexity index is 414. The lowest BCUT2D eigenvalue weighted by atomic mass is 10.0. The molecule has 1 unspecified atom stereocenters. The first-order valence-electron chi connectivity index (χ1n) is 4.13. The van der Waals surface area contributed by atoms with Gasteiger partial charge < -0.3 is 5.73 Å². The first-order chi connectivity index (χ1) is 6.45. The lowest BCUT2D eigenvalue weighted by Gasteiger charge is -2.18. The van der Waals surface area contributed by atoms with Crippen LogP contribution >= 0.6 is 12.2 Å². The maximum Gasteiger partial charge on any atom is 0.345 e. The van der Waals surface area contributed by atoms with Crippen molar-refractivity contribution in [3.63, 3.8) is 0 Å². The highest BCUT2D eigenvalue weighted by Crippen LogP contribution is 2.13. The summed E-state index contributed by atoms with van der Waals surface area (Å²) in [5, 5.41) is 4.36. The van der Waals surface area contributed by atoms with Gasteiger partial charge in [-0.2, -0.15) is 0 Å². The largest absolute Gasteiger partial charge is 0.392 e. The molecule has 1 aromatic rings. The second-order valence-corrected chi connectivity index (χ2v) is 3.79. The van der Waals surface area contributed by atoms with Crippen LogP contribution in [0, 0.1) is 5.92 Å². The van der Waals surface area contributed by atoms with Gasteiger partial charge in [0.05, 0.1) is 11.0 Å². The van der Waals surface area contributed by atoms with E-state index in [0.29, 0.717) is 0 Å². The van der Waals surface area contributed by atoms with Crippen LogP contribution in [-0.4, -0.2) is 19.8 Å². The van der Waals surface area contributed by atoms with Crippen LogP contribution in [0.2, 0.25) is 0 Å². The first kappa shape index (κ1) is 10.7. The third-order valence-corrected chi connectivity index (χ3v) is 2.16. The van der Waals surface area contributed by atoms with Gasteiger partial charge in [0.2, 0.25) is 0 Å². The lowest BCUT2D eigenvalue weighted by molar-refractivity contribution is 0.457. The number of nitrogens with two attached hydrogens (primary N) is 1. The van der Waals surface area contributed by atoms with Crippen LogP contribution in [0.15, 0.2) is 9.59 Å². The van der Waals surface area contributed by atoms with E-state index in [2.05, 4.69) is 10.2 Å². The Morgan fingerprint density at radius 3 is 2.07 bits per heavy atom. The van der Waals surface area contributed by atoms with E-state index in [1.165, 1.54) is 0 Å². The third kappa shape index (κ3) is 1.77. The van der Waals surface area contributed by atoms with Crippen LogP contribution in [0.1, 0.15) is 19.9 Å². The lowest BCUT2D eigenvalue weighted by Crippen LogP contribution is -2.40. The van der Waals surface area contributed by atoms with Gasteiger partial charge in [-0.3, -0.25) is 0 Å². The highest BCUT2D eigenvalue weighted by atomic mass is 32.1. The molecular weight excluding hydrogens is 204 g/mol. The summed E-state index contributed by atoms with van der Waals surface area (Å²) in [6.07, 6.45) is 0. The molecule has 0 amide bonds. The van der Waals surface area contributed by atoms with Crippen LogP contribution in [0.25, 0.3) is 0 Å². The summed E-state index contributed by atoms with van der Waals surface area (Å²) in [6, 6.07) is -0.549. The van der Waals surface area contributed by atoms with E-state index in [4.69, 9.17) is 18.0 Å². The van der Waals surface area contributed by atoms with Crippen LogP contribution in [0.5, 0.6) is 0 Å². The van der Waals surface area contributed by atoms with E-state index in [9.17, 15) is 9.59 Å². The maximum atomic E-state index is 11.3. The van der Waals surface area contributed by atoms with Crippen LogP contribution in [0.4, 0.5) is 0 Å². The van der Waals surface area contributed by atoms with E-state index < -0.39 is 17.4 Å². The Labute approximate surface area is 85.1 Å². The zero-order chi connectivity index (χ0) is 10.9. The summed E-state index contributed by atoms with van der Waals surface area (Å²) < 4.78 is 0.993. The Hall–Kier alpha value is -1.37. The number of H-pyrrole nitrogens is 2. The molecule has 4 N–H and O–H groups in total. The Morgan fingerprint density at radius 2 is 1.79 bits per heavy atom. The average Bonchev–Trinajstić information content (AvgIpc) is 2.34. The van der Waals surface area contributed by atoms with Gasteiger partial charge in [-0.05, 0) is 5.92 Å². The molecule has 1 atom stereocenters. The summed E-state index contributed by atoms with van der Waals surface area (Å²) in [4.78, 5) is 22.6. The van der Waals surface area contributed by atoms with Gasteiger partial charge in [0.25, 0.3) is 0 Å². The number of nitrogens with zero attached hydrogens (tertiary/aromatic N) is 1. The minimum atomic E-state index is -0.549. The normalized spacial score (nSPS) is 13.1. The van der Waals surface area contributed by atoms with Gasteiger partial charge >= 0.3 is 11.4 Å². The molecule has 0 fully saturated rings. The topological polar surface area (TPSA) is 96.7 Å². The van der Waals surface area contributed by atoms with Crippen molar-refractivity contribution in [3.8, 4) is 0 Å². The SMILES string of the molecule is CC(C)C(C(N)=S)n1c(=O)[nH][nH]c1=O. The minimum Gasteiger partial charge on any atom is -0.392 e. The van der Waals surface area contributed by atoms with Crippen LogP contribution in [0.3, 0.4) is 0 Å². The maximum absolute atomic E-state index is 11.3. The molecule has 7 heteroatoms. The number of rotatable bonds is 3. The predicted molar refractivity (Wildman–Crippen MR) is 56.3 cm³/mol. The van der Waals surface area contributed by atoms with Crippen molar-refractivity contribution in [2.75, 3.05) is 0 Å². The van der Waals surface area contributed by atoms with E-state index in [1.54, 1.807) is 0 Å². The number of aromatic nitrogens is 3. The molecular formula is C7H12N4O2S. The van der Waals surface area contributed by atoms with Crippen molar-refractivity contribution in [2.24, 2.45) is 11.7 Å². The first-order valence-corrected chi connectivity index (χ1v) is 4.54. The molecule has 0 saturated heterocycles. The molecule has 1 heterocycles. The van der Waals surface area contributed by atoms with Crippen molar-refractivity contribution in [1.29, 1.82) is 0 Å². The molecule has 0 aliphatic heterocycles. The Kier molecular flexibility index (Phi) is 2.90. The number of aromatic amines is 2. The summed E-state index contributed by atoms with van der Waals surface area (Å²) in [7, 11) is 0. The van der Waals surface area contributed by atoms with Crippen LogP contribution in [-0.2, 0) is 0 Å². The molecule has 0 radical (unpaired) electrons. The molecule has 14 heavy (non-hydrogen) atoms. The molecule has 0 aromatic carbocycles. The Morgan fingerprint density at radius 1 is 1.36 bits per heavy atom. The van der Waals surface area contributed by atoms with Gasteiger partial charge in [0, 0.05) is 0 Å². The van der Waals surface area contributed by atoms with E-state index in [0.717, 1.165) is 4.57 Å². The van der Waals surface area contributed by atoms with Crippen molar-refractivity contribution < 1.29 is 0 Å². The standard InChI is InChI=1S/C7H12N4O2S/c1-3(2)4(5(8)14)11-6(12)9-10-7(11)13/h3-4H,1-2H3,(H2,8,14)(H,9,12)(H,10,13). The van der Waals surface area contributed by atoms with Gasteiger partial charge in [0.1, 0.15) is 0 Å². The van der Waals surface area contributed by atoms with Crippen molar-refractivity contribution >= 4 is 17.2 Å². The highest BCUT2D eigenvalue weighted by Gasteiger charge is 2.22. The fraction of sp³-hybridized carbons (Fsp3) is 0.571. The van der Waals surface area contributed by atoms with Gasteiger partial charge in [0.15, 0.2) is 0 Å². The third-order valence-electron chi connectivity index (χ3n) is 1.92. The van der Waals surface area contributed by atoms with Crippen molar-refractivity contribution in [3.05, 3.63) is 21.0 Å². The van der Waals surface area contributed by atoms with E-state index in [1.807, 2.05) is 13.8 Å². The summed E-state index contributed by atoms with van der Waals surface area (Å²) in [5.74, 6) is -0.0119. The van der Waals surface area contributed by atoms with Gasteiger partial charge in [-0.25, -0.2) is 24.4 Å². The molecule has 0 saturated carbocycles. The highest BCUT2D eigenvalue weighted by molar-refractivity contribution is 7.80. The summed E-state index contributed by atoms with van der Waals surface area (Å²) in [5.41, 5.74) is 4.42.